The second kappa shape index (κ2) is 4.88. The van der Waals surface area contributed by atoms with E-state index >= 15 is 0 Å². The topological polar surface area (TPSA) is 46.2 Å². The first-order chi connectivity index (χ1) is 6.08. The Bertz CT molecular complexity index is 374. The maximum Gasteiger partial charge on any atom is 0.251 e. The van der Waals surface area contributed by atoms with Gasteiger partial charge in [0.1, 0.15) is 4.21 Å². The number of rotatable bonds is 4. The molecule has 0 bridgehead atoms. The van der Waals surface area contributed by atoms with Gasteiger partial charge in [0, 0.05) is 16.3 Å². The Labute approximate surface area is 97.8 Å². The summed E-state index contributed by atoms with van der Waals surface area (Å²) in [4.78, 5) is 0. The van der Waals surface area contributed by atoms with Crippen LogP contribution in [0.2, 0.25) is 0 Å². The molecule has 0 aromatic carbocycles. The van der Waals surface area contributed by atoms with Crippen LogP contribution in [0.4, 0.5) is 0 Å². The van der Waals surface area contributed by atoms with E-state index in [1.54, 1.807) is 11.4 Å². The summed E-state index contributed by atoms with van der Waals surface area (Å²) in [5.41, 5.74) is 0. The molecule has 0 unspecified atom stereocenters. The molecule has 0 aliphatic heterocycles. The molecule has 1 N–H and O–H groups in total. The number of thiophene rings is 1. The summed E-state index contributed by atoms with van der Waals surface area (Å²) in [7, 11) is -3.32. The Morgan fingerprint density at radius 3 is 2.69 bits per heavy atom. The van der Waals surface area contributed by atoms with Crippen LogP contribution in [0.1, 0.15) is 0 Å². The zero-order valence-electron chi connectivity index (χ0n) is 6.46. The molecule has 1 rings (SSSR count). The van der Waals surface area contributed by atoms with Crippen molar-refractivity contribution in [3.63, 3.8) is 0 Å². The van der Waals surface area contributed by atoms with E-state index in [9.17, 15) is 8.42 Å². The molecule has 0 saturated carbocycles. The van der Waals surface area contributed by atoms with Crippen molar-refractivity contribution >= 4 is 53.2 Å². The Balaban J connectivity index is 2.88. The van der Waals surface area contributed by atoms with E-state index in [0.29, 0.717) is 20.6 Å². The maximum atomic E-state index is 11.5. The molecule has 13 heavy (non-hydrogen) atoms. The van der Waals surface area contributed by atoms with Gasteiger partial charge in [-0.15, -0.1) is 11.3 Å². The van der Waals surface area contributed by atoms with Crippen LogP contribution in [-0.2, 0) is 10.0 Å². The summed E-state index contributed by atoms with van der Waals surface area (Å²) in [6.45, 7) is 0.396. The minimum atomic E-state index is -3.32. The molecule has 0 atom stereocenters. The number of hydrogen-bond acceptors (Lipinski definition) is 3. The predicted molar refractivity (Wildman–Crippen MR) is 61.0 cm³/mol. The summed E-state index contributed by atoms with van der Waals surface area (Å²) < 4.78 is 26.4. The van der Waals surface area contributed by atoms with Gasteiger partial charge in [0.25, 0.3) is 10.0 Å². The monoisotopic (exact) mass is 347 g/mol. The number of halogens is 2. The third-order valence-electron chi connectivity index (χ3n) is 1.22. The third kappa shape index (κ3) is 3.02. The van der Waals surface area contributed by atoms with Crippen LogP contribution in [0.15, 0.2) is 20.1 Å². The quantitative estimate of drug-likeness (QED) is 0.848. The van der Waals surface area contributed by atoms with Crippen LogP contribution >= 0.6 is 43.2 Å². The van der Waals surface area contributed by atoms with Gasteiger partial charge < -0.3 is 0 Å². The fourth-order valence-electron chi connectivity index (χ4n) is 0.710. The number of hydrogen-bond donors (Lipinski definition) is 1. The molecule has 0 spiro atoms. The fourth-order valence-corrected chi connectivity index (χ4v) is 4.58. The van der Waals surface area contributed by atoms with E-state index in [1.165, 1.54) is 11.3 Å². The molecule has 0 aliphatic rings. The lowest BCUT2D eigenvalue weighted by molar-refractivity contribution is 0.586. The molecule has 0 saturated heterocycles. The summed E-state index contributed by atoms with van der Waals surface area (Å²) in [5, 5.41) is 2.34. The maximum absolute atomic E-state index is 11.5. The summed E-state index contributed by atoms with van der Waals surface area (Å²) in [6, 6.07) is 1.72. The number of sulfonamides is 1. The van der Waals surface area contributed by atoms with E-state index in [4.69, 9.17) is 0 Å². The second-order valence-corrected chi connectivity index (χ2v) is 6.67. The van der Waals surface area contributed by atoms with E-state index in [-0.39, 0.29) is 0 Å². The Hall–Kier alpha value is 0.570. The average Bonchev–Trinajstić information content (AvgIpc) is 2.48. The minimum Gasteiger partial charge on any atom is -0.210 e. The van der Waals surface area contributed by atoms with Gasteiger partial charge in [0.15, 0.2) is 0 Å². The summed E-state index contributed by atoms with van der Waals surface area (Å²) in [6.07, 6.45) is 0. The van der Waals surface area contributed by atoms with Crippen LogP contribution < -0.4 is 4.72 Å². The first kappa shape index (κ1) is 11.6. The van der Waals surface area contributed by atoms with Gasteiger partial charge in [-0.2, -0.15) is 0 Å². The fraction of sp³-hybridized carbons (Fsp3) is 0.333. The van der Waals surface area contributed by atoms with E-state index in [1.807, 2.05) is 0 Å². The van der Waals surface area contributed by atoms with Crippen molar-refractivity contribution in [1.29, 1.82) is 0 Å². The smallest absolute Gasteiger partial charge is 0.210 e. The highest BCUT2D eigenvalue weighted by Gasteiger charge is 2.17. The van der Waals surface area contributed by atoms with Crippen molar-refractivity contribution in [2.45, 2.75) is 4.21 Å². The molecule has 0 amide bonds. The molecule has 3 nitrogen and oxygen atoms in total. The van der Waals surface area contributed by atoms with Crippen LogP contribution in [-0.4, -0.2) is 20.3 Å². The first-order valence-corrected chi connectivity index (χ1v) is 7.64. The van der Waals surface area contributed by atoms with Crippen molar-refractivity contribution in [2.75, 3.05) is 11.9 Å². The van der Waals surface area contributed by atoms with Gasteiger partial charge in [-0.1, -0.05) is 15.9 Å². The standard InChI is InChI=1S/C6H7Br2NO2S2/c7-2-3-9-13(10,11)6-5(8)1-4-12-6/h1,4,9H,2-3H2. The van der Waals surface area contributed by atoms with Gasteiger partial charge in [0.05, 0.1) is 0 Å². The zero-order valence-corrected chi connectivity index (χ0v) is 11.3. The molecule has 1 aromatic rings. The van der Waals surface area contributed by atoms with Crippen molar-refractivity contribution < 1.29 is 8.42 Å². The molecular weight excluding hydrogens is 342 g/mol. The van der Waals surface area contributed by atoms with E-state index in [0.717, 1.165) is 0 Å². The largest absolute Gasteiger partial charge is 0.251 e. The van der Waals surface area contributed by atoms with Crippen molar-refractivity contribution in [3.8, 4) is 0 Å². The average molecular weight is 349 g/mol. The van der Waals surface area contributed by atoms with Crippen LogP contribution in [0.5, 0.6) is 0 Å². The molecule has 0 fully saturated rings. The number of alkyl halides is 1. The second-order valence-electron chi connectivity index (χ2n) is 2.14. The van der Waals surface area contributed by atoms with Crippen molar-refractivity contribution in [1.82, 2.24) is 4.72 Å². The molecule has 1 heterocycles. The molecular formula is C6H7Br2NO2S2. The van der Waals surface area contributed by atoms with Gasteiger partial charge >= 0.3 is 0 Å². The predicted octanol–water partition coefficient (Wildman–Crippen LogP) is 2.18. The summed E-state index contributed by atoms with van der Waals surface area (Å²) in [5.74, 6) is 0. The van der Waals surface area contributed by atoms with Gasteiger partial charge in [-0.05, 0) is 27.4 Å². The van der Waals surface area contributed by atoms with E-state index in [2.05, 4.69) is 36.6 Å². The molecule has 7 heteroatoms. The van der Waals surface area contributed by atoms with Gasteiger partial charge in [-0.3, -0.25) is 0 Å². The van der Waals surface area contributed by atoms with Crippen LogP contribution in [0.25, 0.3) is 0 Å². The Kier molecular flexibility index (Phi) is 4.37. The van der Waals surface area contributed by atoms with Crippen molar-refractivity contribution in [2.24, 2.45) is 0 Å². The van der Waals surface area contributed by atoms with Crippen molar-refractivity contribution in [3.05, 3.63) is 15.9 Å². The van der Waals surface area contributed by atoms with Gasteiger partial charge in [0.2, 0.25) is 0 Å². The van der Waals surface area contributed by atoms with E-state index < -0.39 is 10.0 Å². The lowest BCUT2D eigenvalue weighted by atomic mass is 10.7. The minimum absolute atomic E-state index is 0.327. The zero-order chi connectivity index (χ0) is 9.90. The lowest BCUT2D eigenvalue weighted by Crippen LogP contribution is -2.24. The molecule has 0 radical (unpaired) electrons. The SMILES string of the molecule is O=S(=O)(NCCBr)c1sccc1Br. The van der Waals surface area contributed by atoms with Crippen LogP contribution in [0, 0.1) is 0 Å². The molecule has 1 aromatic heterocycles. The summed E-state index contributed by atoms with van der Waals surface area (Å²) >= 11 is 7.52. The van der Waals surface area contributed by atoms with Crippen LogP contribution in [0.3, 0.4) is 0 Å². The lowest BCUT2D eigenvalue weighted by Gasteiger charge is -2.02. The highest BCUT2D eigenvalue weighted by Crippen LogP contribution is 2.27. The first-order valence-electron chi connectivity index (χ1n) is 3.36. The highest BCUT2D eigenvalue weighted by atomic mass is 79.9. The Morgan fingerprint density at radius 2 is 2.23 bits per heavy atom. The highest BCUT2D eigenvalue weighted by molar-refractivity contribution is 9.10. The normalized spacial score (nSPS) is 11.8. The number of nitrogens with one attached hydrogen (secondary N) is 1. The third-order valence-corrected chi connectivity index (χ3v) is 5.74. The molecule has 0 aliphatic carbocycles. The molecule has 74 valence electrons. The Morgan fingerprint density at radius 1 is 1.54 bits per heavy atom. The van der Waals surface area contributed by atoms with Gasteiger partial charge in [-0.25, -0.2) is 13.1 Å².